The van der Waals surface area contributed by atoms with Gasteiger partial charge in [-0.05, 0) is 25.0 Å². The lowest BCUT2D eigenvalue weighted by Crippen LogP contribution is -2.37. The van der Waals surface area contributed by atoms with E-state index in [0.29, 0.717) is 28.4 Å². The van der Waals surface area contributed by atoms with E-state index >= 15 is 0 Å². The van der Waals surface area contributed by atoms with E-state index in [4.69, 9.17) is 27.9 Å². The van der Waals surface area contributed by atoms with E-state index in [9.17, 15) is 0 Å². The average Bonchev–Trinajstić information content (AvgIpc) is 2.21. The zero-order chi connectivity index (χ0) is 11.4. The molecular weight excluding hydrogens is 245 g/mol. The summed E-state index contributed by atoms with van der Waals surface area (Å²) in [6, 6.07) is 6.11. The monoisotopic (exact) mass is 259 g/mol. The predicted octanol–water partition coefficient (Wildman–Crippen LogP) is 3.51. The first kappa shape index (κ1) is 12.0. The first-order valence-electron chi connectivity index (χ1n) is 5.57. The van der Waals surface area contributed by atoms with Crippen molar-refractivity contribution in [2.75, 3.05) is 13.2 Å². The summed E-state index contributed by atoms with van der Waals surface area (Å²) in [6.45, 7) is 1.48. The molecular formula is C12H15Cl2NO. The summed E-state index contributed by atoms with van der Waals surface area (Å²) in [5.74, 6) is 0.657. The van der Waals surface area contributed by atoms with Crippen LogP contribution in [-0.4, -0.2) is 19.2 Å². The van der Waals surface area contributed by atoms with Gasteiger partial charge >= 0.3 is 0 Å². The van der Waals surface area contributed by atoms with Crippen LogP contribution in [0.4, 0.5) is 0 Å². The van der Waals surface area contributed by atoms with Crippen molar-refractivity contribution in [2.24, 2.45) is 0 Å². The van der Waals surface area contributed by atoms with Gasteiger partial charge in [-0.3, -0.25) is 0 Å². The first-order chi connectivity index (χ1) is 7.77. The minimum atomic E-state index is 0.493. The Morgan fingerprint density at radius 3 is 2.81 bits per heavy atom. The summed E-state index contributed by atoms with van der Waals surface area (Å²) in [5, 5.41) is 4.45. The Labute approximate surface area is 106 Å². The zero-order valence-corrected chi connectivity index (χ0v) is 10.5. The van der Waals surface area contributed by atoms with Crippen molar-refractivity contribution >= 4 is 23.2 Å². The third-order valence-corrected chi connectivity index (χ3v) is 3.62. The summed E-state index contributed by atoms with van der Waals surface area (Å²) in [4.78, 5) is 0. The molecule has 0 radical (unpaired) electrons. The summed E-state index contributed by atoms with van der Waals surface area (Å²) in [7, 11) is 0. The second-order valence-electron chi connectivity index (χ2n) is 3.98. The lowest BCUT2D eigenvalue weighted by atomic mass is 9.93. The molecule has 1 aromatic rings. The molecule has 0 amide bonds. The lowest BCUT2D eigenvalue weighted by Gasteiger charge is -2.26. The number of benzene rings is 1. The van der Waals surface area contributed by atoms with Crippen molar-refractivity contribution in [3.8, 4) is 5.75 Å². The van der Waals surface area contributed by atoms with Gasteiger partial charge in [0.05, 0.1) is 5.02 Å². The first-order valence-corrected chi connectivity index (χ1v) is 6.33. The molecule has 1 fully saturated rings. The van der Waals surface area contributed by atoms with Crippen LogP contribution in [0.1, 0.15) is 19.3 Å². The summed E-state index contributed by atoms with van der Waals surface area (Å²) < 4.78 is 5.56. The number of halogens is 2. The number of hydrogen-bond donors (Lipinski definition) is 1. The molecule has 2 nitrogen and oxygen atoms in total. The highest BCUT2D eigenvalue weighted by Crippen LogP contribution is 2.31. The second kappa shape index (κ2) is 5.76. The quantitative estimate of drug-likeness (QED) is 0.818. The van der Waals surface area contributed by atoms with Gasteiger partial charge in [-0.15, -0.1) is 0 Å². The molecule has 0 saturated heterocycles. The van der Waals surface area contributed by atoms with E-state index in [2.05, 4.69) is 5.32 Å². The Morgan fingerprint density at radius 2 is 2.12 bits per heavy atom. The van der Waals surface area contributed by atoms with Crippen molar-refractivity contribution in [1.29, 1.82) is 0 Å². The third-order valence-electron chi connectivity index (χ3n) is 2.81. The molecule has 4 heteroatoms. The standard InChI is InChI=1S/C12H15Cl2NO/c13-10-5-2-6-11(12(10)14)16-8-7-15-9-3-1-4-9/h2,5-6,9,15H,1,3-4,7-8H2. The molecule has 0 atom stereocenters. The lowest BCUT2D eigenvalue weighted by molar-refractivity contribution is 0.276. The van der Waals surface area contributed by atoms with Crippen LogP contribution in [-0.2, 0) is 0 Å². The number of ether oxygens (including phenoxy) is 1. The largest absolute Gasteiger partial charge is 0.491 e. The fourth-order valence-corrected chi connectivity index (χ4v) is 1.98. The summed E-state index contributed by atoms with van der Waals surface area (Å²) in [5.41, 5.74) is 0. The Morgan fingerprint density at radius 1 is 1.31 bits per heavy atom. The predicted molar refractivity (Wildman–Crippen MR) is 67.6 cm³/mol. The van der Waals surface area contributed by atoms with Crippen molar-refractivity contribution < 1.29 is 4.74 Å². The molecule has 0 heterocycles. The normalized spacial score (nSPS) is 15.9. The Bertz CT molecular complexity index is 353. The van der Waals surface area contributed by atoms with E-state index < -0.39 is 0 Å². The van der Waals surface area contributed by atoms with Gasteiger partial charge in [-0.1, -0.05) is 35.7 Å². The van der Waals surface area contributed by atoms with Crippen molar-refractivity contribution in [2.45, 2.75) is 25.3 Å². The number of nitrogens with one attached hydrogen (secondary N) is 1. The molecule has 0 unspecified atom stereocenters. The highest BCUT2D eigenvalue weighted by Gasteiger charge is 2.15. The van der Waals surface area contributed by atoms with Gasteiger partial charge in [0, 0.05) is 12.6 Å². The Kier molecular flexibility index (Phi) is 4.33. The highest BCUT2D eigenvalue weighted by atomic mass is 35.5. The Balaban J connectivity index is 1.73. The van der Waals surface area contributed by atoms with Gasteiger partial charge in [-0.25, -0.2) is 0 Å². The number of hydrogen-bond acceptors (Lipinski definition) is 2. The number of rotatable bonds is 5. The summed E-state index contributed by atoms with van der Waals surface area (Å²) in [6.07, 6.45) is 3.93. The topological polar surface area (TPSA) is 21.3 Å². The minimum Gasteiger partial charge on any atom is -0.491 e. The van der Waals surface area contributed by atoms with Crippen LogP contribution < -0.4 is 10.1 Å². The van der Waals surface area contributed by atoms with Gasteiger partial charge < -0.3 is 10.1 Å². The molecule has 88 valence electrons. The molecule has 16 heavy (non-hydrogen) atoms. The van der Waals surface area contributed by atoms with Gasteiger partial charge in [0.25, 0.3) is 0 Å². The molecule has 1 N–H and O–H groups in total. The van der Waals surface area contributed by atoms with Crippen LogP contribution in [0.2, 0.25) is 10.0 Å². The highest BCUT2D eigenvalue weighted by molar-refractivity contribution is 6.42. The summed E-state index contributed by atoms with van der Waals surface area (Å²) >= 11 is 11.9. The van der Waals surface area contributed by atoms with E-state index in [0.717, 1.165) is 6.54 Å². The average molecular weight is 260 g/mol. The van der Waals surface area contributed by atoms with Gasteiger partial charge in [0.15, 0.2) is 0 Å². The van der Waals surface area contributed by atoms with E-state index in [-0.39, 0.29) is 0 Å². The fraction of sp³-hybridized carbons (Fsp3) is 0.500. The van der Waals surface area contributed by atoms with Crippen LogP contribution in [0.3, 0.4) is 0 Å². The van der Waals surface area contributed by atoms with E-state index in [1.54, 1.807) is 6.07 Å². The van der Waals surface area contributed by atoms with Crippen LogP contribution in [0.5, 0.6) is 5.75 Å². The van der Waals surface area contributed by atoms with Crippen LogP contribution >= 0.6 is 23.2 Å². The fourth-order valence-electron chi connectivity index (χ4n) is 1.63. The molecule has 0 bridgehead atoms. The van der Waals surface area contributed by atoms with Crippen molar-refractivity contribution in [3.05, 3.63) is 28.2 Å². The minimum absolute atomic E-state index is 0.493. The zero-order valence-electron chi connectivity index (χ0n) is 9.01. The van der Waals surface area contributed by atoms with Crippen LogP contribution in [0.15, 0.2) is 18.2 Å². The SMILES string of the molecule is Clc1cccc(OCCNC2CCC2)c1Cl. The second-order valence-corrected chi connectivity index (χ2v) is 4.77. The van der Waals surface area contributed by atoms with Gasteiger partial charge in [0.1, 0.15) is 17.4 Å². The van der Waals surface area contributed by atoms with E-state index in [1.807, 2.05) is 12.1 Å². The van der Waals surface area contributed by atoms with Crippen LogP contribution in [0, 0.1) is 0 Å². The smallest absolute Gasteiger partial charge is 0.139 e. The maximum Gasteiger partial charge on any atom is 0.139 e. The molecule has 0 aromatic heterocycles. The molecule has 1 aliphatic rings. The molecule has 1 aromatic carbocycles. The van der Waals surface area contributed by atoms with Gasteiger partial charge in [0.2, 0.25) is 0 Å². The van der Waals surface area contributed by atoms with Crippen LogP contribution in [0.25, 0.3) is 0 Å². The molecule has 2 rings (SSSR count). The molecule has 0 aliphatic heterocycles. The van der Waals surface area contributed by atoms with Gasteiger partial charge in [-0.2, -0.15) is 0 Å². The maximum absolute atomic E-state index is 6.00. The third kappa shape index (κ3) is 3.03. The van der Waals surface area contributed by atoms with Crippen molar-refractivity contribution in [3.63, 3.8) is 0 Å². The molecule has 1 saturated carbocycles. The Hall–Kier alpha value is -0.440. The molecule has 1 aliphatic carbocycles. The molecule has 0 spiro atoms. The van der Waals surface area contributed by atoms with Crippen molar-refractivity contribution in [1.82, 2.24) is 5.32 Å². The van der Waals surface area contributed by atoms with E-state index in [1.165, 1.54) is 19.3 Å². The maximum atomic E-state index is 6.00.